The number of anilines is 1. The van der Waals surface area contributed by atoms with Crippen molar-refractivity contribution in [2.45, 2.75) is 33.8 Å². The molecular weight excluding hydrogens is 226 g/mol. The Bertz CT molecular complexity index is 377. The van der Waals surface area contributed by atoms with E-state index in [2.05, 4.69) is 23.7 Å². The summed E-state index contributed by atoms with van der Waals surface area (Å²) in [7, 11) is 2.02. The molecule has 4 nitrogen and oxygen atoms in total. The molecule has 0 aliphatic rings. The smallest absolute Gasteiger partial charge is 0.171 e. The zero-order valence-corrected chi connectivity index (χ0v) is 12.1. The topological polar surface area (TPSA) is 51.4 Å². The highest BCUT2D eigenvalue weighted by atomic mass is 16.5. The van der Waals surface area contributed by atoms with Crippen LogP contribution in [0.5, 0.6) is 5.75 Å². The van der Waals surface area contributed by atoms with Crippen molar-refractivity contribution >= 4 is 5.82 Å². The number of rotatable bonds is 6. The second kappa shape index (κ2) is 6.05. The number of hydrogen-bond acceptors (Lipinski definition) is 4. The summed E-state index contributed by atoms with van der Waals surface area (Å²) in [6.45, 7) is 9.81. The number of aromatic nitrogens is 1. The van der Waals surface area contributed by atoms with Gasteiger partial charge in [-0.25, -0.2) is 4.98 Å². The SMILES string of the molecule is CC(C)Oc1cccnc1N(C)CC(C)(C)CN. The predicted octanol–water partition coefficient (Wildman–Crippen LogP) is 2.29. The fourth-order valence-electron chi connectivity index (χ4n) is 1.80. The van der Waals surface area contributed by atoms with Gasteiger partial charge in [-0.3, -0.25) is 0 Å². The maximum atomic E-state index is 5.78. The first kappa shape index (κ1) is 14.8. The Kier molecular flexibility index (Phi) is 4.96. The van der Waals surface area contributed by atoms with Crippen LogP contribution >= 0.6 is 0 Å². The fraction of sp³-hybridized carbons (Fsp3) is 0.643. The molecule has 0 atom stereocenters. The van der Waals surface area contributed by atoms with E-state index >= 15 is 0 Å². The van der Waals surface area contributed by atoms with Gasteiger partial charge in [0.1, 0.15) is 0 Å². The van der Waals surface area contributed by atoms with Crippen LogP contribution in [0.2, 0.25) is 0 Å². The van der Waals surface area contributed by atoms with Gasteiger partial charge in [0.2, 0.25) is 0 Å². The van der Waals surface area contributed by atoms with Gasteiger partial charge in [-0.1, -0.05) is 13.8 Å². The molecule has 4 heteroatoms. The van der Waals surface area contributed by atoms with Gasteiger partial charge in [0.15, 0.2) is 11.6 Å². The van der Waals surface area contributed by atoms with E-state index in [1.54, 1.807) is 6.20 Å². The van der Waals surface area contributed by atoms with E-state index < -0.39 is 0 Å². The van der Waals surface area contributed by atoms with Crippen molar-refractivity contribution in [3.8, 4) is 5.75 Å². The highest BCUT2D eigenvalue weighted by Crippen LogP contribution is 2.27. The van der Waals surface area contributed by atoms with Crippen molar-refractivity contribution in [2.75, 3.05) is 25.0 Å². The summed E-state index contributed by atoms with van der Waals surface area (Å²) in [6.07, 6.45) is 1.93. The van der Waals surface area contributed by atoms with E-state index in [0.717, 1.165) is 18.1 Å². The highest BCUT2D eigenvalue weighted by Gasteiger charge is 2.21. The molecule has 2 N–H and O–H groups in total. The standard InChI is InChI=1S/C14H25N3O/c1-11(2)18-12-7-6-8-16-13(12)17(5)10-14(3,4)9-15/h6-8,11H,9-10,15H2,1-5H3. The van der Waals surface area contributed by atoms with Crippen molar-refractivity contribution in [3.63, 3.8) is 0 Å². The van der Waals surface area contributed by atoms with Gasteiger partial charge in [-0.15, -0.1) is 0 Å². The Labute approximate surface area is 110 Å². The van der Waals surface area contributed by atoms with E-state index in [4.69, 9.17) is 10.5 Å². The van der Waals surface area contributed by atoms with Crippen molar-refractivity contribution in [1.82, 2.24) is 4.98 Å². The minimum Gasteiger partial charge on any atom is -0.487 e. The number of pyridine rings is 1. The summed E-state index contributed by atoms with van der Waals surface area (Å²) < 4.78 is 5.78. The molecule has 1 aromatic heterocycles. The van der Waals surface area contributed by atoms with E-state index in [1.165, 1.54) is 0 Å². The van der Waals surface area contributed by atoms with Crippen LogP contribution in [0.15, 0.2) is 18.3 Å². The van der Waals surface area contributed by atoms with Crippen LogP contribution in [-0.4, -0.2) is 31.2 Å². The lowest BCUT2D eigenvalue weighted by molar-refractivity contribution is 0.241. The molecule has 0 radical (unpaired) electrons. The van der Waals surface area contributed by atoms with Gasteiger partial charge in [0, 0.05) is 19.8 Å². The van der Waals surface area contributed by atoms with Crippen LogP contribution in [0.25, 0.3) is 0 Å². The van der Waals surface area contributed by atoms with Gasteiger partial charge < -0.3 is 15.4 Å². The third kappa shape index (κ3) is 4.18. The Hall–Kier alpha value is -1.29. The maximum Gasteiger partial charge on any atom is 0.171 e. The van der Waals surface area contributed by atoms with Crippen molar-refractivity contribution < 1.29 is 4.74 Å². The minimum absolute atomic E-state index is 0.0569. The Morgan fingerprint density at radius 2 is 2.11 bits per heavy atom. The van der Waals surface area contributed by atoms with E-state index in [9.17, 15) is 0 Å². The van der Waals surface area contributed by atoms with Crippen molar-refractivity contribution in [1.29, 1.82) is 0 Å². The molecule has 0 amide bonds. The van der Waals surface area contributed by atoms with Crippen LogP contribution < -0.4 is 15.4 Å². The molecule has 0 spiro atoms. The van der Waals surface area contributed by atoms with Crippen LogP contribution in [-0.2, 0) is 0 Å². The second-order valence-electron chi connectivity index (χ2n) is 5.72. The average molecular weight is 251 g/mol. The highest BCUT2D eigenvalue weighted by molar-refractivity contribution is 5.51. The van der Waals surface area contributed by atoms with Gasteiger partial charge in [0.25, 0.3) is 0 Å². The molecule has 0 bridgehead atoms. The van der Waals surface area contributed by atoms with E-state index in [0.29, 0.717) is 6.54 Å². The molecule has 0 saturated heterocycles. The molecule has 1 heterocycles. The third-order valence-corrected chi connectivity index (χ3v) is 2.69. The summed E-state index contributed by atoms with van der Waals surface area (Å²) in [5.41, 5.74) is 5.83. The molecule has 18 heavy (non-hydrogen) atoms. The Balaban J connectivity index is 2.88. The molecule has 1 rings (SSSR count). The van der Waals surface area contributed by atoms with Crippen molar-refractivity contribution in [2.24, 2.45) is 11.1 Å². The lowest BCUT2D eigenvalue weighted by Crippen LogP contribution is -2.37. The summed E-state index contributed by atoms with van der Waals surface area (Å²) >= 11 is 0. The molecule has 0 aliphatic carbocycles. The summed E-state index contributed by atoms with van der Waals surface area (Å²) in [5, 5.41) is 0. The predicted molar refractivity (Wildman–Crippen MR) is 76.1 cm³/mol. The van der Waals surface area contributed by atoms with Crippen LogP contribution in [0.4, 0.5) is 5.82 Å². The molecule has 0 aromatic carbocycles. The first-order valence-electron chi connectivity index (χ1n) is 6.38. The summed E-state index contributed by atoms with van der Waals surface area (Å²) in [4.78, 5) is 6.51. The number of ether oxygens (including phenoxy) is 1. The largest absolute Gasteiger partial charge is 0.487 e. The first-order chi connectivity index (χ1) is 8.35. The van der Waals surface area contributed by atoms with Gasteiger partial charge in [-0.2, -0.15) is 0 Å². The molecule has 0 fully saturated rings. The Morgan fingerprint density at radius 1 is 1.44 bits per heavy atom. The zero-order chi connectivity index (χ0) is 13.8. The quantitative estimate of drug-likeness (QED) is 0.843. The van der Waals surface area contributed by atoms with Gasteiger partial charge >= 0.3 is 0 Å². The molecule has 0 unspecified atom stereocenters. The number of nitrogens with two attached hydrogens (primary N) is 1. The van der Waals surface area contributed by atoms with Crippen LogP contribution in [0, 0.1) is 5.41 Å². The van der Waals surface area contributed by atoms with Gasteiger partial charge in [-0.05, 0) is 37.9 Å². The lowest BCUT2D eigenvalue weighted by atomic mass is 9.93. The third-order valence-electron chi connectivity index (χ3n) is 2.69. The molecular formula is C14H25N3O. The normalized spacial score (nSPS) is 11.7. The summed E-state index contributed by atoms with van der Waals surface area (Å²) in [5.74, 6) is 1.69. The number of hydrogen-bond donors (Lipinski definition) is 1. The fourth-order valence-corrected chi connectivity index (χ4v) is 1.80. The summed E-state index contributed by atoms with van der Waals surface area (Å²) in [6, 6.07) is 3.84. The van der Waals surface area contributed by atoms with Crippen LogP contribution in [0.3, 0.4) is 0 Å². The van der Waals surface area contributed by atoms with Crippen LogP contribution in [0.1, 0.15) is 27.7 Å². The van der Waals surface area contributed by atoms with E-state index in [-0.39, 0.29) is 11.5 Å². The monoisotopic (exact) mass is 251 g/mol. The van der Waals surface area contributed by atoms with E-state index in [1.807, 2.05) is 33.0 Å². The zero-order valence-electron chi connectivity index (χ0n) is 12.1. The number of nitrogens with zero attached hydrogens (tertiary/aromatic N) is 2. The minimum atomic E-state index is 0.0569. The maximum absolute atomic E-state index is 5.78. The molecule has 102 valence electrons. The Morgan fingerprint density at radius 3 is 2.67 bits per heavy atom. The lowest BCUT2D eigenvalue weighted by Gasteiger charge is -2.30. The first-order valence-corrected chi connectivity index (χ1v) is 6.38. The van der Waals surface area contributed by atoms with Gasteiger partial charge in [0.05, 0.1) is 6.10 Å². The average Bonchev–Trinajstić information content (AvgIpc) is 2.28. The molecule has 0 aliphatic heterocycles. The van der Waals surface area contributed by atoms with Crippen molar-refractivity contribution in [3.05, 3.63) is 18.3 Å². The molecule has 0 saturated carbocycles. The molecule has 1 aromatic rings. The second-order valence-corrected chi connectivity index (χ2v) is 5.72.